The van der Waals surface area contributed by atoms with E-state index >= 15 is 0 Å². The molecular weight excluding hydrogens is 269 g/mol. The molecule has 0 saturated carbocycles. The average Bonchev–Trinajstić information content (AvgIpc) is 2.43. The second-order valence-corrected chi connectivity index (χ2v) is 5.91. The van der Waals surface area contributed by atoms with Crippen molar-refractivity contribution >= 4 is 0 Å². The summed E-state index contributed by atoms with van der Waals surface area (Å²) in [5.41, 5.74) is 0. The van der Waals surface area contributed by atoms with Crippen molar-refractivity contribution in [1.29, 1.82) is 0 Å². The van der Waals surface area contributed by atoms with Gasteiger partial charge in [0.25, 0.3) is 0 Å². The van der Waals surface area contributed by atoms with Crippen LogP contribution in [0.5, 0.6) is 0 Å². The molecule has 0 heterocycles. The molecule has 1 nitrogen and oxygen atoms in total. The predicted molar refractivity (Wildman–Crippen MR) is 89.1 cm³/mol. The first-order valence-electron chi connectivity index (χ1n) is 9.05. The van der Waals surface area contributed by atoms with E-state index in [4.69, 9.17) is 0 Å². The van der Waals surface area contributed by atoms with Crippen molar-refractivity contribution in [3.63, 3.8) is 0 Å². The zero-order chi connectivity index (χ0) is 14.0. The van der Waals surface area contributed by atoms with Crippen LogP contribution in [-0.2, 0) is 0 Å². The first-order valence-corrected chi connectivity index (χ1v) is 9.05. The smallest absolute Gasteiger partial charge is 0.662 e. The van der Waals surface area contributed by atoms with Gasteiger partial charge in [0.2, 0.25) is 0 Å². The Kier molecular flexibility index (Phi) is 27.3. The number of rotatable bonds is 16. The summed E-state index contributed by atoms with van der Waals surface area (Å²) in [6, 6.07) is 0. The maximum Gasteiger partial charge on any atom is 1.00 e. The topological polar surface area (TPSA) is 14.1 Å². The first-order chi connectivity index (χ1) is 9.41. The molecule has 0 N–H and O–H groups in total. The van der Waals surface area contributed by atoms with Crippen LogP contribution < -0.4 is 51.4 Å². The number of unbranched alkanes of at least 4 members (excludes halogenated alkanes) is 12. The van der Waals surface area contributed by atoms with E-state index in [1.165, 1.54) is 89.9 Å². The summed E-state index contributed by atoms with van der Waals surface area (Å²) in [5.74, 6) is 0. The van der Waals surface area contributed by atoms with Gasteiger partial charge in [0.1, 0.15) is 0 Å². The summed E-state index contributed by atoms with van der Waals surface area (Å²) in [7, 11) is 0. The second kappa shape index (κ2) is 22.9. The van der Waals surface area contributed by atoms with Crippen LogP contribution >= 0.6 is 0 Å². The predicted octanol–water partition coefficient (Wildman–Crippen LogP) is 3.87. The van der Waals surface area contributed by atoms with E-state index in [1.807, 2.05) is 0 Å². The van der Waals surface area contributed by atoms with Gasteiger partial charge in [-0.15, -0.1) is 13.1 Å². The van der Waals surface area contributed by atoms with Gasteiger partial charge in [-0.25, -0.2) is 0 Å². The summed E-state index contributed by atoms with van der Waals surface area (Å²) in [4.78, 5) is 0. The van der Waals surface area contributed by atoms with Crippen LogP contribution in [0.25, 0.3) is 5.32 Å². The molecule has 0 saturated heterocycles. The Hall–Kier alpha value is 1.60. The monoisotopic (exact) mass is 307 g/mol. The van der Waals surface area contributed by atoms with Gasteiger partial charge in [0.15, 0.2) is 0 Å². The minimum absolute atomic E-state index is 0. The maximum absolute atomic E-state index is 4.64. The number of hydrogen-bond acceptors (Lipinski definition) is 0. The van der Waals surface area contributed by atoms with E-state index in [1.54, 1.807) is 0 Å². The molecule has 0 fully saturated rings. The fraction of sp³-hybridized carbons (Fsp3) is 1.00. The molecule has 0 amide bonds. The molecule has 0 atom stereocenters. The van der Waals surface area contributed by atoms with Crippen LogP contribution in [-0.4, -0.2) is 13.1 Å². The Labute approximate surface area is 171 Å². The van der Waals surface area contributed by atoms with Crippen LogP contribution in [0.1, 0.15) is 104 Å². The molecule has 0 aromatic carbocycles. The van der Waals surface area contributed by atoms with Crippen molar-refractivity contribution in [3.8, 4) is 0 Å². The fourth-order valence-corrected chi connectivity index (χ4v) is 2.47. The average molecular weight is 308 g/mol. The summed E-state index contributed by atoms with van der Waals surface area (Å²) in [6.45, 7) is 6.79. The van der Waals surface area contributed by atoms with Gasteiger partial charge in [0.05, 0.1) is 0 Å². The molecule has 20 heavy (non-hydrogen) atoms. The molecule has 2 heteroatoms. The van der Waals surface area contributed by atoms with Crippen molar-refractivity contribution in [1.82, 2.24) is 0 Å². The van der Waals surface area contributed by atoms with Gasteiger partial charge in [-0.3, -0.25) is 0 Å². The van der Waals surface area contributed by atoms with Crippen LogP contribution in [0.2, 0.25) is 0 Å². The minimum Gasteiger partial charge on any atom is -0.662 e. The Morgan fingerprint density at radius 3 is 1.10 bits per heavy atom. The number of nitrogens with zero attached hydrogens (tertiary/aromatic N) is 1. The van der Waals surface area contributed by atoms with Gasteiger partial charge in [-0.1, -0.05) is 104 Å². The van der Waals surface area contributed by atoms with E-state index in [9.17, 15) is 0 Å². The van der Waals surface area contributed by atoms with Crippen molar-refractivity contribution in [2.45, 2.75) is 104 Å². The zero-order valence-electron chi connectivity index (χ0n) is 14.8. The third kappa shape index (κ3) is 21.9. The van der Waals surface area contributed by atoms with E-state index in [0.29, 0.717) is 0 Å². The van der Waals surface area contributed by atoms with Gasteiger partial charge in [-0.2, -0.15) is 0 Å². The molecule has 0 aliphatic heterocycles. The third-order valence-corrected chi connectivity index (χ3v) is 3.84. The molecule has 0 radical (unpaired) electrons. The van der Waals surface area contributed by atoms with Crippen molar-refractivity contribution < 1.29 is 51.4 Å². The van der Waals surface area contributed by atoms with E-state index in [0.717, 1.165) is 13.1 Å². The second-order valence-electron chi connectivity index (χ2n) is 5.91. The molecule has 0 aliphatic rings. The van der Waals surface area contributed by atoms with Crippen molar-refractivity contribution in [3.05, 3.63) is 5.32 Å². The summed E-state index contributed by atoms with van der Waals surface area (Å²) in [6.07, 6.45) is 19.6. The molecule has 0 spiro atoms. The normalized spacial score (nSPS) is 10.5. The summed E-state index contributed by atoms with van der Waals surface area (Å²) in [5, 5.41) is 4.64. The Bertz CT molecular complexity index is 134. The van der Waals surface area contributed by atoms with Crippen LogP contribution in [0, 0.1) is 0 Å². The van der Waals surface area contributed by atoms with E-state index in [2.05, 4.69) is 19.2 Å². The van der Waals surface area contributed by atoms with Gasteiger partial charge < -0.3 is 5.32 Å². The summed E-state index contributed by atoms with van der Waals surface area (Å²) >= 11 is 0. The summed E-state index contributed by atoms with van der Waals surface area (Å²) < 4.78 is 0. The molecule has 0 rings (SSSR count). The van der Waals surface area contributed by atoms with Gasteiger partial charge in [-0.05, 0) is 0 Å². The van der Waals surface area contributed by atoms with Crippen LogP contribution in [0.3, 0.4) is 0 Å². The fourth-order valence-electron chi connectivity index (χ4n) is 2.47. The van der Waals surface area contributed by atoms with Crippen LogP contribution in [0.4, 0.5) is 0 Å². The third-order valence-electron chi connectivity index (χ3n) is 3.84. The van der Waals surface area contributed by atoms with Gasteiger partial charge >= 0.3 is 51.4 Å². The van der Waals surface area contributed by atoms with E-state index in [-0.39, 0.29) is 51.4 Å². The van der Waals surface area contributed by atoms with Crippen molar-refractivity contribution in [2.75, 3.05) is 13.1 Å². The standard InChI is InChI=1S/C18H38N.K/c1-3-5-7-9-11-13-15-17-19-18-16-14-12-10-8-6-4-2;/h3-18H2,1-2H3;/q-1;+1. The molecule has 0 aromatic heterocycles. The molecule has 0 bridgehead atoms. The zero-order valence-corrected chi connectivity index (χ0v) is 17.9. The van der Waals surface area contributed by atoms with Gasteiger partial charge in [0, 0.05) is 0 Å². The minimum atomic E-state index is 0. The molecule has 116 valence electrons. The Morgan fingerprint density at radius 1 is 0.450 bits per heavy atom. The van der Waals surface area contributed by atoms with E-state index < -0.39 is 0 Å². The first kappa shape index (κ1) is 23.9. The quantitative estimate of drug-likeness (QED) is 0.304. The Balaban J connectivity index is 0. The largest absolute Gasteiger partial charge is 1.00 e. The Morgan fingerprint density at radius 2 is 0.750 bits per heavy atom. The van der Waals surface area contributed by atoms with Crippen LogP contribution in [0.15, 0.2) is 0 Å². The molecule has 0 aliphatic carbocycles. The maximum atomic E-state index is 4.64. The van der Waals surface area contributed by atoms with Crippen molar-refractivity contribution in [2.24, 2.45) is 0 Å². The molecule has 0 unspecified atom stereocenters. The molecule has 0 aromatic rings. The number of hydrogen-bond donors (Lipinski definition) is 0. The SMILES string of the molecule is CCCCCCCCC[N-]CCCCCCCCC.[K+]. The molecular formula is C18H38KN.